The maximum Gasteiger partial charge on any atom is 0.320 e. The number of alkyl halides is 2. The fraction of sp³-hybridized carbons (Fsp3) is 0.176. The zero-order valence-corrected chi connectivity index (χ0v) is 14.4. The predicted molar refractivity (Wildman–Crippen MR) is 93.0 cm³/mol. The number of fused-ring (bicyclic) bond motifs is 1. The van der Waals surface area contributed by atoms with Crippen LogP contribution in [0.25, 0.3) is 11.0 Å². The molecule has 0 unspecified atom stereocenters. The van der Waals surface area contributed by atoms with E-state index in [9.17, 15) is 13.6 Å². The molecule has 0 saturated carbocycles. The van der Waals surface area contributed by atoms with Gasteiger partial charge in [0.15, 0.2) is 5.82 Å². The second-order valence-electron chi connectivity index (χ2n) is 5.07. The smallest absolute Gasteiger partial charge is 0.320 e. The highest BCUT2D eigenvalue weighted by Crippen LogP contribution is 2.24. The van der Waals surface area contributed by atoms with Gasteiger partial charge in [-0.15, -0.1) is 11.8 Å². The number of carbonyl (C=O) groups excluding carboxylic acids is 1. The molecule has 0 aliphatic carbocycles. The Morgan fingerprint density at radius 1 is 1.20 bits per heavy atom. The molecule has 0 amide bonds. The Bertz CT molecular complexity index is 884. The van der Waals surface area contributed by atoms with Gasteiger partial charge in [0.1, 0.15) is 6.61 Å². The summed E-state index contributed by atoms with van der Waals surface area (Å²) in [5.74, 6) is -0.426. The number of rotatable bonds is 6. The molecule has 0 fully saturated rings. The molecule has 0 spiro atoms. The fourth-order valence-electron chi connectivity index (χ4n) is 2.27. The number of hydrogen-bond acceptors (Lipinski definition) is 4. The van der Waals surface area contributed by atoms with Crippen molar-refractivity contribution in [2.45, 2.75) is 18.1 Å². The van der Waals surface area contributed by atoms with Crippen LogP contribution in [0.3, 0.4) is 0 Å². The first-order valence-electron chi connectivity index (χ1n) is 7.32. The summed E-state index contributed by atoms with van der Waals surface area (Å²) >= 11 is 7.07. The van der Waals surface area contributed by atoms with E-state index in [-0.39, 0.29) is 18.2 Å². The van der Waals surface area contributed by atoms with Crippen LogP contribution < -0.4 is 0 Å². The molecule has 0 atom stereocenters. The van der Waals surface area contributed by atoms with E-state index in [0.717, 1.165) is 9.46 Å². The van der Waals surface area contributed by atoms with Gasteiger partial charge in [0.2, 0.25) is 0 Å². The largest absolute Gasteiger partial charge is 0.457 e. The first kappa shape index (κ1) is 17.7. The molecular formula is C17H13ClF2N2O2S. The number of nitrogens with zero attached hydrogens (tertiary/aromatic N) is 2. The van der Waals surface area contributed by atoms with E-state index in [2.05, 4.69) is 4.98 Å². The van der Waals surface area contributed by atoms with E-state index in [1.54, 1.807) is 48.5 Å². The highest BCUT2D eigenvalue weighted by molar-refractivity contribution is 8.00. The Kier molecular flexibility index (Phi) is 5.55. The molecule has 8 heteroatoms. The van der Waals surface area contributed by atoms with Crippen LogP contribution in [0.2, 0.25) is 5.02 Å². The second-order valence-corrected chi connectivity index (χ2v) is 6.55. The molecule has 0 bridgehead atoms. The third-order valence-electron chi connectivity index (χ3n) is 3.40. The molecule has 2 aromatic carbocycles. The number of ether oxygens (including phenoxy) is 1. The van der Waals surface area contributed by atoms with Gasteiger partial charge >= 0.3 is 12.5 Å². The molecular weight excluding hydrogens is 370 g/mol. The fourth-order valence-corrected chi connectivity index (χ4v) is 3.10. The number of para-hydroxylation sites is 2. The molecule has 3 aromatic rings. The number of aromatic nitrogens is 2. The number of carbonyl (C=O) groups is 1. The summed E-state index contributed by atoms with van der Waals surface area (Å²) in [4.78, 5) is 16.8. The first-order chi connectivity index (χ1) is 12.0. The molecule has 0 aliphatic rings. The van der Waals surface area contributed by atoms with E-state index in [1.165, 1.54) is 11.8 Å². The summed E-state index contributed by atoms with van der Waals surface area (Å²) in [6.45, 7) is -3.07. The molecule has 4 nitrogen and oxygen atoms in total. The highest BCUT2D eigenvalue weighted by Gasteiger charge is 2.18. The van der Waals surface area contributed by atoms with Crippen molar-refractivity contribution in [3.8, 4) is 0 Å². The zero-order valence-electron chi connectivity index (χ0n) is 12.9. The SMILES string of the molecule is O=C(CSc1ccc(Cl)cc1)OCc1nc2ccccc2n1C(F)F. The number of thioether (sulfide) groups is 1. The van der Waals surface area contributed by atoms with Crippen LogP contribution >= 0.6 is 23.4 Å². The molecule has 0 saturated heterocycles. The van der Waals surface area contributed by atoms with Crippen molar-refractivity contribution in [3.05, 3.63) is 59.4 Å². The van der Waals surface area contributed by atoms with Crippen molar-refractivity contribution in [1.29, 1.82) is 0 Å². The lowest BCUT2D eigenvalue weighted by Gasteiger charge is -2.08. The zero-order chi connectivity index (χ0) is 17.8. The van der Waals surface area contributed by atoms with Gasteiger partial charge < -0.3 is 4.74 Å². The van der Waals surface area contributed by atoms with Crippen LogP contribution in [0.4, 0.5) is 8.78 Å². The van der Waals surface area contributed by atoms with Gasteiger partial charge in [-0.3, -0.25) is 9.36 Å². The van der Waals surface area contributed by atoms with E-state index >= 15 is 0 Å². The molecule has 1 heterocycles. The Morgan fingerprint density at radius 3 is 2.64 bits per heavy atom. The predicted octanol–water partition coefficient (Wildman–Crippen LogP) is 4.92. The maximum atomic E-state index is 13.3. The van der Waals surface area contributed by atoms with E-state index in [0.29, 0.717) is 16.1 Å². The van der Waals surface area contributed by atoms with Crippen LogP contribution in [0.15, 0.2) is 53.4 Å². The molecule has 0 aliphatic heterocycles. The summed E-state index contributed by atoms with van der Waals surface area (Å²) in [6, 6.07) is 13.6. The van der Waals surface area contributed by atoms with Crippen molar-refractivity contribution in [3.63, 3.8) is 0 Å². The monoisotopic (exact) mass is 382 g/mol. The van der Waals surface area contributed by atoms with E-state index in [4.69, 9.17) is 16.3 Å². The molecule has 3 rings (SSSR count). The Morgan fingerprint density at radius 2 is 1.92 bits per heavy atom. The molecule has 0 radical (unpaired) electrons. The van der Waals surface area contributed by atoms with Gasteiger partial charge in [0.25, 0.3) is 0 Å². The maximum absolute atomic E-state index is 13.3. The van der Waals surface area contributed by atoms with Crippen LogP contribution in [0.5, 0.6) is 0 Å². The minimum atomic E-state index is -2.76. The van der Waals surface area contributed by atoms with E-state index in [1.807, 2.05) is 0 Å². The van der Waals surface area contributed by atoms with Crippen LogP contribution in [-0.2, 0) is 16.1 Å². The summed E-state index contributed by atoms with van der Waals surface area (Å²) < 4.78 is 32.4. The van der Waals surface area contributed by atoms with Crippen LogP contribution in [-0.4, -0.2) is 21.3 Å². The van der Waals surface area contributed by atoms with E-state index < -0.39 is 12.5 Å². The lowest BCUT2D eigenvalue weighted by atomic mass is 10.3. The average Bonchev–Trinajstić information content (AvgIpc) is 2.98. The van der Waals surface area contributed by atoms with Crippen molar-refractivity contribution in [2.75, 3.05) is 5.75 Å². The Balaban J connectivity index is 1.63. The Hall–Kier alpha value is -2.12. The Labute approximate surface area is 151 Å². The molecule has 130 valence electrons. The average molecular weight is 383 g/mol. The van der Waals surface area contributed by atoms with Gasteiger partial charge in [-0.05, 0) is 36.4 Å². The number of esters is 1. The third-order valence-corrected chi connectivity index (χ3v) is 4.63. The third kappa shape index (κ3) is 4.29. The van der Waals surface area contributed by atoms with Crippen molar-refractivity contribution >= 4 is 40.4 Å². The minimum absolute atomic E-state index is 0.0149. The normalized spacial score (nSPS) is 11.2. The van der Waals surface area contributed by atoms with Crippen molar-refractivity contribution in [2.24, 2.45) is 0 Å². The topological polar surface area (TPSA) is 44.1 Å². The number of imidazole rings is 1. The standard InChI is InChI=1S/C17H13ClF2N2O2S/c18-11-5-7-12(8-6-11)25-10-16(23)24-9-15-21-13-3-1-2-4-14(13)22(15)17(19)20/h1-8,17H,9-10H2. The minimum Gasteiger partial charge on any atom is -0.457 e. The van der Waals surface area contributed by atoms with Crippen molar-refractivity contribution in [1.82, 2.24) is 9.55 Å². The number of hydrogen-bond donors (Lipinski definition) is 0. The molecule has 1 aromatic heterocycles. The van der Waals surface area contributed by atoms with Crippen LogP contribution in [0, 0.1) is 0 Å². The van der Waals surface area contributed by atoms with Gasteiger partial charge in [-0.25, -0.2) is 4.98 Å². The molecule has 0 N–H and O–H groups in total. The summed E-state index contributed by atoms with van der Waals surface area (Å²) in [5, 5.41) is 0.609. The lowest BCUT2D eigenvalue weighted by molar-refractivity contribution is -0.142. The van der Waals surface area contributed by atoms with Crippen LogP contribution in [0.1, 0.15) is 12.4 Å². The summed E-state index contributed by atoms with van der Waals surface area (Å²) in [5.41, 5.74) is 0.739. The van der Waals surface area contributed by atoms with Gasteiger partial charge in [0.05, 0.1) is 16.8 Å². The number of benzene rings is 2. The van der Waals surface area contributed by atoms with Crippen molar-refractivity contribution < 1.29 is 18.3 Å². The molecule has 25 heavy (non-hydrogen) atoms. The van der Waals surface area contributed by atoms with Gasteiger partial charge in [-0.2, -0.15) is 8.78 Å². The second kappa shape index (κ2) is 7.84. The first-order valence-corrected chi connectivity index (χ1v) is 8.69. The highest BCUT2D eigenvalue weighted by atomic mass is 35.5. The summed E-state index contributed by atoms with van der Waals surface area (Å²) in [7, 11) is 0. The van der Waals surface area contributed by atoms with Gasteiger partial charge in [-0.1, -0.05) is 23.7 Å². The summed E-state index contributed by atoms with van der Waals surface area (Å²) in [6.07, 6.45) is 0. The lowest BCUT2D eigenvalue weighted by Crippen LogP contribution is -2.11. The quantitative estimate of drug-likeness (QED) is 0.448. The van der Waals surface area contributed by atoms with Gasteiger partial charge in [0, 0.05) is 9.92 Å². The number of halogens is 3.